The lowest BCUT2D eigenvalue weighted by molar-refractivity contribution is 0.0690. The highest BCUT2D eigenvalue weighted by molar-refractivity contribution is 5.85. The van der Waals surface area contributed by atoms with Gasteiger partial charge in [0.15, 0.2) is 5.69 Å². The van der Waals surface area contributed by atoms with Gasteiger partial charge in [-0.25, -0.2) is 14.8 Å². The highest BCUT2D eigenvalue weighted by Gasteiger charge is 2.06. The van der Waals surface area contributed by atoms with Gasteiger partial charge in [0.1, 0.15) is 5.82 Å². The number of nitrogens with zero attached hydrogens (tertiary/aromatic N) is 2. The van der Waals surface area contributed by atoms with Gasteiger partial charge in [0.05, 0.1) is 0 Å². The lowest BCUT2D eigenvalue weighted by Crippen LogP contribution is -2.06. The van der Waals surface area contributed by atoms with Gasteiger partial charge in [0.25, 0.3) is 0 Å². The molecule has 5 heteroatoms. The Morgan fingerprint density at radius 1 is 1.57 bits per heavy atom. The number of hydrogen-bond acceptors (Lipinski definition) is 3. The van der Waals surface area contributed by atoms with Crippen molar-refractivity contribution < 1.29 is 9.90 Å². The maximum Gasteiger partial charge on any atom is 0.354 e. The molecule has 1 rings (SSSR count). The molecule has 0 saturated carbocycles. The average Bonchev–Trinajstić information content (AvgIpc) is 2.03. The van der Waals surface area contributed by atoms with Gasteiger partial charge >= 0.3 is 5.97 Å². The van der Waals surface area contributed by atoms with Crippen LogP contribution in [0.2, 0.25) is 0 Å². The first-order valence-corrected chi connectivity index (χ1v) is 4.15. The van der Waals surface area contributed by atoms with Crippen LogP contribution in [-0.4, -0.2) is 21.0 Å². The summed E-state index contributed by atoms with van der Waals surface area (Å²) in [6.07, 6.45) is 2.19. The second kappa shape index (κ2) is 5.54. The monoisotopic (exact) mass is 216 g/mol. The van der Waals surface area contributed by atoms with Gasteiger partial charge in [-0.05, 0) is 12.0 Å². The van der Waals surface area contributed by atoms with Crippen LogP contribution in [-0.2, 0) is 6.42 Å². The van der Waals surface area contributed by atoms with Crippen LogP contribution < -0.4 is 0 Å². The van der Waals surface area contributed by atoms with E-state index in [1.54, 1.807) is 0 Å². The summed E-state index contributed by atoms with van der Waals surface area (Å²) in [7, 11) is 0. The number of aromatic carboxylic acids is 1. The minimum absolute atomic E-state index is 0. The lowest BCUT2D eigenvalue weighted by Gasteiger charge is -2.02. The maximum absolute atomic E-state index is 10.5. The predicted octanol–water partition coefficient (Wildman–Crippen LogP) is 1.80. The van der Waals surface area contributed by atoms with Crippen molar-refractivity contribution in [2.75, 3.05) is 0 Å². The summed E-state index contributed by atoms with van der Waals surface area (Å²) >= 11 is 0. The highest BCUT2D eigenvalue weighted by Crippen LogP contribution is 2.03. The molecule has 1 heterocycles. The molecular formula is C9H13ClN2O2. The Balaban J connectivity index is 0.00000169. The van der Waals surface area contributed by atoms with Gasteiger partial charge in [-0.2, -0.15) is 0 Å². The highest BCUT2D eigenvalue weighted by atomic mass is 35.5. The van der Waals surface area contributed by atoms with Crippen molar-refractivity contribution >= 4 is 18.4 Å². The first-order valence-electron chi connectivity index (χ1n) is 4.15. The van der Waals surface area contributed by atoms with E-state index < -0.39 is 5.97 Å². The molecule has 0 fully saturated rings. The van der Waals surface area contributed by atoms with Gasteiger partial charge in [-0.3, -0.25) is 0 Å². The normalized spacial score (nSPS) is 9.64. The zero-order valence-corrected chi connectivity index (χ0v) is 8.91. The van der Waals surface area contributed by atoms with Gasteiger partial charge in [-0.15, -0.1) is 12.4 Å². The van der Waals surface area contributed by atoms with E-state index in [-0.39, 0.29) is 18.1 Å². The number of carboxylic acids is 1. The van der Waals surface area contributed by atoms with Crippen LogP contribution in [0.1, 0.15) is 30.2 Å². The average molecular weight is 217 g/mol. The van der Waals surface area contributed by atoms with Crippen molar-refractivity contribution in [3.05, 3.63) is 23.8 Å². The van der Waals surface area contributed by atoms with Crippen LogP contribution in [0.25, 0.3) is 0 Å². The topological polar surface area (TPSA) is 63.1 Å². The summed E-state index contributed by atoms with van der Waals surface area (Å²) < 4.78 is 0. The molecule has 0 saturated heterocycles. The van der Waals surface area contributed by atoms with Crippen LogP contribution in [0.5, 0.6) is 0 Å². The summed E-state index contributed by atoms with van der Waals surface area (Å²) in [6.45, 7) is 4.08. The number of halogens is 1. The van der Waals surface area contributed by atoms with E-state index in [4.69, 9.17) is 5.11 Å². The van der Waals surface area contributed by atoms with E-state index in [1.165, 1.54) is 12.3 Å². The summed E-state index contributed by atoms with van der Waals surface area (Å²) in [5.41, 5.74) is 0.0608. The maximum atomic E-state index is 10.5. The number of aromatic nitrogens is 2. The molecule has 0 spiro atoms. The molecule has 0 atom stereocenters. The minimum atomic E-state index is -1.01. The van der Waals surface area contributed by atoms with Crippen molar-refractivity contribution in [3.63, 3.8) is 0 Å². The Hall–Kier alpha value is -1.16. The first-order chi connectivity index (χ1) is 6.09. The Morgan fingerprint density at radius 3 is 2.71 bits per heavy atom. The smallest absolute Gasteiger partial charge is 0.354 e. The number of rotatable bonds is 3. The van der Waals surface area contributed by atoms with E-state index in [1.807, 2.05) is 13.8 Å². The SMILES string of the molecule is CC(C)Cc1nccc(C(=O)O)n1.Cl. The Bertz CT molecular complexity index is 315. The van der Waals surface area contributed by atoms with Gasteiger partial charge in [-0.1, -0.05) is 13.8 Å². The predicted molar refractivity (Wildman–Crippen MR) is 54.8 cm³/mol. The van der Waals surface area contributed by atoms with E-state index in [0.29, 0.717) is 18.2 Å². The van der Waals surface area contributed by atoms with Crippen LogP contribution in [0, 0.1) is 5.92 Å². The van der Waals surface area contributed by atoms with Crippen molar-refractivity contribution in [1.82, 2.24) is 9.97 Å². The molecule has 78 valence electrons. The van der Waals surface area contributed by atoms with E-state index in [9.17, 15) is 4.79 Å². The van der Waals surface area contributed by atoms with Crippen molar-refractivity contribution in [2.45, 2.75) is 20.3 Å². The molecule has 0 aromatic carbocycles. The molecule has 0 aliphatic rings. The van der Waals surface area contributed by atoms with Crippen molar-refractivity contribution in [1.29, 1.82) is 0 Å². The van der Waals surface area contributed by atoms with Crippen LogP contribution in [0.3, 0.4) is 0 Å². The molecule has 0 radical (unpaired) electrons. The molecular weight excluding hydrogens is 204 g/mol. The summed E-state index contributed by atoms with van der Waals surface area (Å²) in [4.78, 5) is 18.4. The fraction of sp³-hybridized carbons (Fsp3) is 0.444. The lowest BCUT2D eigenvalue weighted by atomic mass is 10.1. The van der Waals surface area contributed by atoms with Crippen LogP contribution in [0.15, 0.2) is 12.3 Å². The molecule has 0 aliphatic heterocycles. The summed E-state index contributed by atoms with van der Waals surface area (Å²) in [5, 5.41) is 8.65. The van der Waals surface area contributed by atoms with Crippen molar-refractivity contribution in [2.24, 2.45) is 5.92 Å². The molecule has 0 amide bonds. The summed E-state index contributed by atoms with van der Waals surface area (Å²) in [6, 6.07) is 1.40. The fourth-order valence-electron chi connectivity index (χ4n) is 0.982. The second-order valence-corrected chi connectivity index (χ2v) is 3.26. The van der Waals surface area contributed by atoms with Gasteiger partial charge in [0.2, 0.25) is 0 Å². The number of carbonyl (C=O) groups is 1. The second-order valence-electron chi connectivity index (χ2n) is 3.26. The largest absolute Gasteiger partial charge is 0.477 e. The summed E-state index contributed by atoms with van der Waals surface area (Å²) in [5.74, 6) is 0.0198. The number of hydrogen-bond donors (Lipinski definition) is 1. The first kappa shape index (κ1) is 12.8. The van der Waals surface area contributed by atoms with Crippen LogP contribution >= 0.6 is 12.4 Å². The Labute approximate surface area is 88.8 Å². The zero-order valence-electron chi connectivity index (χ0n) is 8.10. The third kappa shape index (κ3) is 3.70. The fourth-order valence-corrected chi connectivity index (χ4v) is 0.982. The molecule has 14 heavy (non-hydrogen) atoms. The molecule has 0 bridgehead atoms. The van der Waals surface area contributed by atoms with Gasteiger partial charge in [0, 0.05) is 12.6 Å². The standard InChI is InChI=1S/C9H12N2O2.ClH/c1-6(2)5-8-10-4-3-7(11-8)9(12)13;/h3-4,6H,5H2,1-2H3,(H,12,13);1H. The number of carboxylic acid groups (broad SMARTS) is 1. The molecule has 4 nitrogen and oxygen atoms in total. The van der Waals surface area contributed by atoms with Crippen LogP contribution in [0.4, 0.5) is 0 Å². The van der Waals surface area contributed by atoms with E-state index >= 15 is 0 Å². The molecule has 0 unspecified atom stereocenters. The molecule has 1 aromatic rings. The molecule has 1 N–H and O–H groups in total. The molecule has 0 aliphatic carbocycles. The third-order valence-corrected chi connectivity index (χ3v) is 1.52. The van der Waals surface area contributed by atoms with E-state index in [0.717, 1.165) is 0 Å². The Morgan fingerprint density at radius 2 is 2.21 bits per heavy atom. The zero-order chi connectivity index (χ0) is 9.84. The Kier molecular flexibility index (Phi) is 5.09. The van der Waals surface area contributed by atoms with Gasteiger partial charge < -0.3 is 5.11 Å². The minimum Gasteiger partial charge on any atom is -0.477 e. The quantitative estimate of drug-likeness (QED) is 0.837. The third-order valence-electron chi connectivity index (χ3n) is 1.52. The molecule has 1 aromatic heterocycles. The van der Waals surface area contributed by atoms with Crippen molar-refractivity contribution in [3.8, 4) is 0 Å². The van der Waals surface area contributed by atoms with E-state index in [2.05, 4.69) is 9.97 Å².